The van der Waals surface area contributed by atoms with Crippen molar-refractivity contribution in [3.63, 3.8) is 0 Å². The maximum atomic E-state index is 12.2. The normalized spacial score (nSPS) is 13.7. The molecule has 2 aromatic rings. The van der Waals surface area contributed by atoms with E-state index in [9.17, 15) is 4.79 Å². The van der Waals surface area contributed by atoms with Crippen molar-refractivity contribution < 1.29 is 9.53 Å². The molecule has 0 spiro atoms. The number of hydrogen-bond acceptors (Lipinski definition) is 3. The second kappa shape index (κ2) is 9.78. The van der Waals surface area contributed by atoms with Crippen LogP contribution in [0.25, 0.3) is 0 Å². The molecule has 1 heterocycles. The first-order valence-corrected chi connectivity index (χ1v) is 9.74. The Kier molecular flexibility index (Phi) is 6.89. The molecule has 6 heteroatoms. The summed E-state index contributed by atoms with van der Waals surface area (Å²) in [5, 5.41) is 3.34. The minimum absolute atomic E-state index is 0.00391. The third kappa shape index (κ3) is 5.03. The van der Waals surface area contributed by atoms with Crippen molar-refractivity contribution in [1.82, 2.24) is 10.2 Å². The molecule has 1 amide bonds. The van der Waals surface area contributed by atoms with E-state index in [2.05, 4.69) is 29.3 Å². The number of ether oxygens (including phenoxy) is 1. The quantitative estimate of drug-likeness (QED) is 0.456. The summed E-state index contributed by atoms with van der Waals surface area (Å²) < 4.78 is 5.50. The topological polar surface area (TPSA) is 57.2 Å². The molecule has 0 fully saturated rings. The first-order valence-electron chi connectivity index (χ1n) is 9.74. The van der Waals surface area contributed by atoms with Gasteiger partial charge in [0.25, 0.3) is 5.91 Å². The minimum Gasteiger partial charge on any atom is -0.482 e. The summed E-state index contributed by atoms with van der Waals surface area (Å²) >= 11 is 0. The third-order valence-corrected chi connectivity index (χ3v) is 4.57. The maximum Gasteiger partial charge on any atom is 0.265 e. The average molecular weight is 380 g/mol. The van der Waals surface area contributed by atoms with E-state index in [0.717, 1.165) is 36.9 Å². The van der Waals surface area contributed by atoms with Crippen molar-refractivity contribution in [3.8, 4) is 5.75 Å². The highest BCUT2D eigenvalue weighted by Gasteiger charge is 2.24. The van der Waals surface area contributed by atoms with Gasteiger partial charge in [-0.1, -0.05) is 42.5 Å². The maximum absolute atomic E-state index is 12.2. The zero-order valence-electron chi connectivity index (χ0n) is 16.6. The SMILES string of the molecule is CCNC(=NCCCN1C(=O)COc2ccccc21)N(C)Cc1ccccc1. The van der Waals surface area contributed by atoms with Crippen LogP contribution in [0.1, 0.15) is 18.9 Å². The number of hydrogen-bond donors (Lipinski definition) is 1. The highest BCUT2D eigenvalue weighted by atomic mass is 16.5. The lowest BCUT2D eigenvalue weighted by molar-refractivity contribution is -0.121. The monoisotopic (exact) mass is 380 g/mol. The standard InChI is InChI=1S/C22H28N4O2/c1-3-23-22(25(2)16-18-10-5-4-6-11-18)24-14-9-15-26-19-12-7-8-13-20(19)28-17-21(26)27/h4-8,10-13H,3,9,14-17H2,1-2H3,(H,23,24). The number of para-hydroxylation sites is 2. The van der Waals surface area contributed by atoms with Crippen LogP contribution < -0.4 is 15.0 Å². The molecule has 0 saturated carbocycles. The third-order valence-electron chi connectivity index (χ3n) is 4.57. The van der Waals surface area contributed by atoms with Crippen LogP contribution in [-0.4, -0.2) is 50.1 Å². The lowest BCUT2D eigenvalue weighted by Gasteiger charge is -2.29. The molecule has 1 aliphatic heterocycles. The number of carbonyl (C=O) groups is 1. The van der Waals surface area contributed by atoms with Crippen molar-refractivity contribution in [2.45, 2.75) is 19.9 Å². The molecule has 0 bridgehead atoms. The number of fused-ring (bicyclic) bond motifs is 1. The van der Waals surface area contributed by atoms with Crippen molar-refractivity contribution in [2.24, 2.45) is 4.99 Å². The molecule has 6 nitrogen and oxygen atoms in total. The van der Waals surface area contributed by atoms with Crippen LogP contribution in [0.4, 0.5) is 5.69 Å². The van der Waals surface area contributed by atoms with Gasteiger partial charge in [0.05, 0.1) is 5.69 Å². The highest BCUT2D eigenvalue weighted by Crippen LogP contribution is 2.31. The van der Waals surface area contributed by atoms with E-state index < -0.39 is 0 Å². The molecular weight excluding hydrogens is 352 g/mol. The predicted molar refractivity (Wildman–Crippen MR) is 113 cm³/mol. The second-order valence-electron chi connectivity index (χ2n) is 6.73. The largest absolute Gasteiger partial charge is 0.482 e. The molecule has 1 aliphatic rings. The summed E-state index contributed by atoms with van der Waals surface area (Å²) in [4.78, 5) is 20.9. The summed E-state index contributed by atoms with van der Waals surface area (Å²) in [6.07, 6.45) is 0.786. The number of anilines is 1. The fraction of sp³-hybridized carbons (Fsp3) is 0.364. The molecule has 0 saturated heterocycles. The molecule has 148 valence electrons. The number of guanidine groups is 1. The Morgan fingerprint density at radius 3 is 2.71 bits per heavy atom. The number of amides is 1. The van der Waals surface area contributed by atoms with E-state index in [1.165, 1.54) is 5.56 Å². The summed E-state index contributed by atoms with van der Waals surface area (Å²) in [6.45, 7) is 5.05. The molecule has 0 atom stereocenters. The van der Waals surface area contributed by atoms with E-state index >= 15 is 0 Å². The average Bonchev–Trinajstić information content (AvgIpc) is 2.72. The van der Waals surface area contributed by atoms with Gasteiger partial charge in [-0.2, -0.15) is 0 Å². The van der Waals surface area contributed by atoms with Gasteiger partial charge in [-0.05, 0) is 31.0 Å². The van der Waals surface area contributed by atoms with E-state index in [-0.39, 0.29) is 12.5 Å². The molecule has 1 N–H and O–H groups in total. The number of aliphatic imine (C=N–C) groups is 1. The van der Waals surface area contributed by atoms with Crippen molar-refractivity contribution in [2.75, 3.05) is 38.2 Å². The van der Waals surface area contributed by atoms with Gasteiger partial charge < -0.3 is 19.9 Å². The Balaban J connectivity index is 1.57. The number of nitrogens with zero attached hydrogens (tertiary/aromatic N) is 3. The lowest BCUT2D eigenvalue weighted by Crippen LogP contribution is -2.40. The molecular formula is C22H28N4O2. The lowest BCUT2D eigenvalue weighted by atomic mass is 10.2. The summed E-state index contributed by atoms with van der Waals surface area (Å²) in [5.74, 6) is 1.64. The van der Waals surface area contributed by atoms with Crippen molar-refractivity contribution >= 4 is 17.6 Å². The Labute approximate surface area is 166 Å². The molecule has 28 heavy (non-hydrogen) atoms. The second-order valence-corrected chi connectivity index (χ2v) is 6.73. The van der Waals surface area contributed by atoms with E-state index in [1.54, 1.807) is 4.90 Å². The zero-order chi connectivity index (χ0) is 19.8. The van der Waals surface area contributed by atoms with Gasteiger partial charge in [0, 0.05) is 33.2 Å². The summed E-state index contributed by atoms with van der Waals surface area (Å²) in [7, 11) is 2.04. The molecule has 2 aromatic carbocycles. The van der Waals surface area contributed by atoms with Crippen LogP contribution in [0.2, 0.25) is 0 Å². The summed E-state index contributed by atoms with van der Waals surface area (Å²) in [6, 6.07) is 18.0. The predicted octanol–water partition coefficient (Wildman–Crippen LogP) is 2.90. The zero-order valence-corrected chi connectivity index (χ0v) is 16.6. The van der Waals surface area contributed by atoms with E-state index in [0.29, 0.717) is 13.1 Å². The molecule has 0 radical (unpaired) electrons. The number of benzene rings is 2. The summed E-state index contributed by atoms with van der Waals surface area (Å²) in [5.41, 5.74) is 2.09. The van der Waals surface area contributed by atoms with Crippen LogP contribution in [0.15, 0.2) is 59.6 Å². The fourth-order valence-corrected chi connectivity index (χ4v) is 3.21. The molecule has 3 rings (SSSR count). The Morgan fingerprint density at radius 1 is 1.18 bits per heavy atom. The van der Waals surface area contributed by atoms with Gasteiger partial charge in [0.1, 0.15) is 5.75 Å². The van der Waals surface area contributed by atoms with Crippen LogP contribution in [0.3, 0.4) is 0 Å². The minimum atomic E-state index is -0.00391. The van der Waals surface area contributed by atoms with Gasteiger partial charge in [-0.25, -0.2) is 0 Å². The van der Waals surface area contributed by atoms with E-state index in [4.69, 9.17) is 9.73 Å². The Bertz CT molecular complexity index is 807. The fourth-order valence-electron chi connectivity index (χ4n) is 3.21. The van der Waals surface area contributed by atoms with Crippen LogP contribution >= 0.6 is 0 Å². The van der Waals surface area contributed by atoms with Gasteiger partial charge >= 0.3 is 0 Å². The first-order chi connectivity index (χ1) is 13.7. The van der Waals surface area contributed by atoms with Crippen molar-refractivity contribution in [3.05, 3.63) is 60.2 Å². The molecule has 0 unspecified atom stereocenters. The number of nitrogens with one attached hydrogen (secondary N) is 1. The van der Waals surface area contributed by atoms with Gasteiger partial charge in [-0.15, -0.1) is 0 Å². The molecule has 0 aromatic heterocycles. The van der Waals surface area contributed by atoms with Crippen molar-refractivity contribution in [1.29, 1.82) is 0 Å². The Morgan fingerprint density at radius 2 is 1.93 bits per heavy atom. The number of carbonyl (C=O) groups excluding carboxylic acids is 1. The smallest absolute Gasteiger partial charge is 0.265 e. The molecule has 0 aliphatic carbocycles. The Hall–Kier alpha value is -3.02. The highest BCUT2D eigenvalue weighted by molar-refractivity contribution is 5.97. The van der Waals surface area contributed by atoms with Gasteiger partial charge in [-0.3, -0.25) is 9.79 Å². The number of rotatable bonds is 7. The van der Waals surface area contributed by atoms with Crippen LogP contribution in [-0.2, 0) is 11.3 Å². The van der Waals surface area contributed by atoms with Crippen LogP contribution in [0.5, 0.6) is 5.75 Å². The van der Waals surface area contributed by atoms with Crippen LogP contribution in [0, 0.1) is 0 Å². The van der Waals surface area contributed by atoms with Gasteiger partial charge in [0.2, 0.25) is 0 Å². The first kappa shape index (κ1) is 19.7. The van der Waals surface area contributed by atoms with Gasteiger partial charge in [0.15, 0.2) is 12.6 Å². The van der Waals surface area contributed by atoms with E-state index in [1.807, 2.05) is 49.5 Å².